The van der Waals surface area contributed by atoms with Crippen LogP contribution < -0.4 is 0 Å². The summed E-state index contributed by atoms with van der Waals surface area (Å²) in [6.45, 7) is 10.4. The monoisotopic (exact) mass is 234 g/mol. The fourth-order valence-electron chi connectivity index (χ4n) is 2.32. The number of nitrogens with zero attached hydrogens (tertiary/aromatic N) is 2. The van der Waals surface area contributed by atoms with Crippen LogP contribution in [0.4, 0.5) is 8.78 Å². The van der Waals surface area contributed by atoms with Crippen LogP contribution in [-0.2, 0) is 0 Å². The number of piperazine rings is 1. The fourth-order valence-corrected chi connectivity index (χ4v) is 2.32. The average molecular weight is 234 g/mol. The van der Waals surface area contributed by atoms with E-state index in [1.165, 1.54) is 0 Å². The van der Waals surface area contributed by atoms with E-state index < -0.39 is 12.5 Å². The number of alkyl halides is 2. The van der Waals surface area contributed by atoms with Crippen LogP contribution in [-0.4, -0.2) is 54.0 Å². The van der Waals surface area contributed by atoms with Crippen LogP contribution in [0, 0.1) is 0 Å². The molecule has 0 saturated carbocycles. The lowest BCUT2D eigenvalue weighted by Crippen LogP contribution is -2.59. The Labute approximate surface area is 97.6 Å². The van der Waals surface area contributed by atoms with Crippen molar-refractivity contribution in [1.82, 2.24) is 9.80 Å². The van der Waals surface area contributed by atoms with Crippen LogP contribution in [0.2, 0.25) is 0 Å². The van der Waals surface area contributed by atoms with Crippen LogP contribution in [0.5, 0.6) is 0 Å². The molecule has 1 unspecified atom stereocenters. The Morgan fingerprint density at radius 3 is 2.25 bits per heavy atom. The van der Waals surface area contributed by atoms with E-state index in [1.54, 1.807) is 0 Å². The van der Waals surface area contributed by atoms with Crippen molar-refractivity contribution in [2.45, 2.75) is 58.7 Å². The summed E-state index contributed by atoms with van der Waals surface area (Å²) < 4.78 is 26.1. The Balaban J connectivity index is 2.67. The molecule has 1 aliphatic rings. The van der Waals surface area contributed by atoms with Gasteiger partial charge in [0.1, 0.15) is 0 Å². The van der Waals surface area contributed by atoms with Gasteiger partial charge in [-0.05, 0) is 27.2 Å². The normalized spacial score (nSPS) is 26.6. The summed E-state index contributed by atoms with van der Waals surface area (Å²) in [6.07, 6.45) is -1.30. The van der Waals surface area contributed by atoms with Gasteiger partial charge in [-0.3, -0.25) is 9.80 Å². The van der Waals surface area contributed by atoms with E-state index in [1.807, 2.05) is 11.8 Å². The molecule has 0 aromatic heterocycles. The van der Waals surface area contributed by atoms with Gasteiger partial charge >= 0.3 is 0 Å². The van der Waals surface area contributed by atoms with Gasteiger partial charge in [-0.25, -0.2) is 8.78 Å². The molecule has 0 radical (unpaired) electrons. The first-order chi connectivity index (χ1) is 7.47. The first kappa shape index (κ1) is 13.8. The van der Waals surface area contributed by atoms with Gasteiger partial charge in [-0.2, -0.15) is 0 Å². The predicted molar refractivity (Wildman–Crippen MR) is 63.0 cm³/mol. The molecule has 0 amide bonds. The largest absolute Gasteiger partial charge is 0.298 e. The first-order valence-corrected chi connectivity index (χ1v) is 6.25. The zero-order valence-electron chi connectivity index (χ0n) is 10.8. The molecule has 0 bridgehead atoms. The molecule has 0 spiro atoms. The Hall–Kier alpha value is -0.220. The molecule has 16 heavy (non-hydrogen) atoms. The van der Waals surface area contributed by atoms with Crippen molar-refractivity contribution in [3.63, 3.8) is 0 Å². The van der Waals surface area contributed by atoms with Crippen molar-refractivity contribution >= 4 is 0 Å². The van der Waals surface area contributed by atoms with Crippen LogP contribution in [0.1, 0.15) is 34.1 Å². The van der Waals surface area contributed by atoms with Crippen molar-refractivity contribution in [2.24, 2.45) is 0 Å². The van der Waals surface area contributed by atoms with Gasteiger partial charge in [0, 0.05) is 31.7 Å². The van der Waals surface area contributed by atoms with Gasteiger partial charge in [0.15, 0.2) is 0 Å². The van der Waals surface area contributed by atoms with E-state index in [0.717, 1.165) is 19.5 Å². The second kappa shape index (κ2) is 5.92. The minimum atomic E-state index is -2.24. The van der Waals surface area contributed by atoms with Crippen molar-refractivity contribution < 1.29 is 8.78 Å². The van der Waals surface area contributed by atoms with Crippen LogP contribution >= 0.6 is 0 Å². The van der Waals surface area contributed by atoms with Gasteiger partial charge in [0.05, 0.1) is 6.04 Å². The number of hydrogen-bond acceptors (Lipinski definition) is 2. The molecule has 0 aliphatic carbocycles. The molecule has 2 atom stereocenters. The Morgan fingerprint density at radius 1 is 1.19 bits per heavy atom. The SMILES string of the molecule is CCC(C)N1CCN(C(C)C)C[C@H]1C(F)F. The van der Waals surface area contributed by atoms with E-state index in [9.17, 15) is 8.78 Å². The molecular formula is C12H24F2N2. The first-order valence-electron chi connectivity index (χ1n) is 6.25. The maximum Gasteiger partial charge on any atom is 0.255 e. The maximum absolute atomic E-state index is 13.0. The van der Waals surface area contributed by atoms with Crippen molar-refractivity contribution in [3.8, 4) is 0 Å². The molecule has 1 heterocycles. The molecule has 0 aromatic carbocycles. The van der Waals surface area contributed by atoms with Crippen molar-refractivity contribution in [2.75, 3.05) is 19.6 Å². The highest BCUT2D eigenvalue weighted by Gasteiger charge is 2.35. The lowest BCUT2D eigenvalue weighted by atomic mass is 10.1. The summed E-state index contributed by atoms with van der Waals surface area (Å²) >= 11 is 0. The standard InChI is InChI=1S/C12H24F2N2/c1-5-10(4)16-7-6-15(9(2)3)8-11(16)12(13)14/h9-12H,5-8H2,1-4H3/t10?,11-/m0/s1. The van der Waals surface area contributed by atoms with E-state index >= 15 is 0 Å². The van der Waals surface area contributed by atoms with Gasteiger partial charge in [-0.1, -0.05) is 6.92 Å². The minimum Gasteiger partial charge on any atom is -0.298 e. The van der Waals surface area contributed by atoms with Gasteiger partial charge in [0.2, 0.25) is 0 Å². The molecule has 0 N–H and O–H groups in total. The number of rotatable bonds is 4. The molecule has 2 nitrogen and oxygen atoms in total. The number of hydrogen-bond donors (Lipinski definition) is 0. The van der Waals surface area contributed by atoms with Crippen LogP contribution in [0.3, 0.4) is 0 Å². The molecule has 96 valence electrons. The Bertz CT molecular complexity index is 209. The molecule has 1 saturated heterocycles. The lowest BCUT2D eigenvalue weighted by Gasteiger charge is -2.45. The third kappa shape index (κ3) is 3.14. The molecule has 1 rings (SSSR count). The average Bonchev–Trinajstić information content (AvgIpc) is 2.26. The molecular weight excluding hydrogens is 210 g/mol. The molecule has 1 fully saturated rings. The van der Waals surface area contributed by atoms with Gasteiger partial charge in [0.25, 0.3) is 6.43 Å². The summed E-state index contributed by atoms with van der Waals surface area (Å²) in [4.78, 5) is 4.12. The van der Waals surface area contributed by atoms with Crippen molar-refractivity contribution in [1.29, 1.82) is 0 Å². The van der Waals surface area contributed by atoms with Crippen molar-refractivity contribution in [3.05, 3.63) is 0 Å². The quantitative estimate of drug-likeness (QED) is 0.737. The summed E-state index contributed by atoms with van der Waals surface area (Å²) in [6, 6.07) is 0.0275. The summed E-state index contributed by atoms with van der Waals surface area (Å²) in [7, 11) is 0. The zero-order chi connectivity index (χ0) is 12.3. The topological polar surface area (TPSA) is 6.48 Å². The Morgan fingerprint density at radius 2 is 1.81 bits per heavy atom. The molecule has 1 aliphatic heterocycles. The Kier molecular flexibility index (Phi) is 5.12. The highest BCUT2D eigenvalue weighted by molar-refractivity contribution is 4.87. The van der Waals surface area contributed by atoms with Crippen LogP contribution in [0.25, 0.3) is 0 Å². The minimum absolute atomic E-state index is 0.258. The molecule has 0 aromatic rings. The van der Waals surface area contributed by atoms with E-state index in [-0.39, 0.29) is 6.04 Å². The fraction of sp³-hybridized carbons (Fsp3) is 1.00. The molecule has 4 heteroatoms. The predicted octanol–water partition coefficient (Wildman–Crippen LogP) is 2.44. The van der Waals surface area contributed by atoms with Gasteiger partial charge < -0.3 is 0 Å². The third-order valence-electron chi connectivity index (χ3n) is 3.67. The summed E-state index contributed by atoms with van der Waals surface area (Å²) in [5, 5.41) is 0. The van der Waals surface area contributed by atoms with Crippen LogP contribution in [0.15, 0.2) is 0 Å². The smallest absolute Gasteiger partial charge is 0.255 e. The van der Waals surface area contributed by atoms with Gasteiger partial charge in [-0.15, -0.1) is 0 Å². The zero-order valence-corrected chi connectivity index (χ0v) is 10.8. The highest BCUT2D eigenvalue weighted by Crippen LogP contribution is 2.21. The van der Waals surface area contributed by atoms with E-state index in [4.69, 9.17) is 0 Å². The summed E-state index contributed by atoms with van der Waals surface area (Å²) in [5.74, 6) is 0. The summed E-state index contributed by atoms with van der Waals surface area (Å²) in [5.41, 5.74) is 0. The number of halogens is 2. The maximum atomic E-state index is 13.0. The second-order valence-corrected chi connectivity index (χ2v) is 4.99. The highest BCUT2D eigenvalue weighted by atomic mass is 19.3. The second-order valence-electron chi connectivity index (χ2n) is 4.99. The third-order valence-corrected chi connectivity index (χ3v) is 3.67. The van der Waals surface area contributed by atoms with E-state index in [0.29, 0.717) is 12.6 Å². The van der Waals surface area contributed by atoms with E-state index in [2.05, 4.69) is 25.7 Å². The lowest BCUT2D eigenvalue weighted by molar-refractivity contribution is -0.0480.